The Morgan fingerprint density at radius 3 is 2.50 bits per heavy atom. The summed E-state index contributed by atoms with van der Waals surface area (Å²) >= 11 is 0. The highest BCUT2D eigenvalue weighted by Crippen LogP contribution is 2.20. The molecule has 106 valence electrons. The first-order valence-corrected chi connectivity index (χ1v) is 6.12. The quantitative estimate of drug-likeness (QED) is 0.697. The summed E-state index contributed by atoms with van der Waals surface area (Å²) in [6.07, 6.45) is 0. The molecule has 0 saturated carbocycles. The second-order valence-electron chi connectivity index (χ2n) is 4.26. The van der Waals surface area contributed by atoms with Gasteiger partial charge >= 0.3 is 5.97 Å². The second-order valence-corrected chi connectivity index (χ2v) is 4.26. The summed E-state index contributed by atoms with van der Waals surface area (Å²) in [6.45, 7) is 4.03. The molecule has 0 fully saturated rings. The number of rotatable bonds is 3. The third-order valence-corrected chi connectivity index (χ3v) is 2.66. The van der Waals surface area contributed by atoms with Crippen molar-refractivity contribution >= 4 is 24.1 Å². The largest absolute Gasteiger partial charge is 0.461 e. The molecule has 0 saturated heterocycles. The molecule has 0 spiro atoms. The highest BCUT2D eigenvalue weighted by Gasteiger charge is 2.11. The van der Waals surface area contributed by atoms with Gasteiger partial charge in [0.1, 0.15) is 5.69 Å². The van der Waals surface area contributed by atoms with E-state index in [1.807, 2.05) is 37.3 Å². The first-order chi connectivity index (χ1) is 9.10. The number of aromatic nitrogens is 1. The van der Waals surface area contributed by atoms with E-state index in [0.717, 1.165) is 16.8 Å². The zero-order valence-electron chi connectivity index (χ0n) is 11.4. The average Bonchev–Trinajstić information content (AvgIpc) is 2.39. The van der Waals surface area contributed by atoms with Crippen LogP contribution < -0.4 is 5.73 Å². The molecule has 0 aliphatic heterocycles. The van der Waals surface area contributed by atoms with Crippen LogP contribution in [0.15, 0.2) is 36.4 Å². The highest BCUT2D eigenvalue weighted by atomic mass is 35.5. The van der Waals surface area contributed by atoms with Gasteiger partial charge in [0.15, 0.2) is 0 Å². The summed E-state index contributed by atoms with van der Waals surface area (Å²) in [5.74, 6) is -0.400. The Kier molecular flexibility index (Phi) is 5.53. The number of nitrogens with two attached hydrogens (primary N) is 1. The van der Waals surface area contributed by atoms with E-state index in [9.17, 15) is 4.79 Å². The predicted molar refractivity (Wildman–Crippen MR) is 82.0 cm³/mol. The molecule has 2 rings (SSSR count). The van der Waals surface area contributed by atoms with Gasteiger partial charge in [0.25, 0.3) is 0 Å². The molecule has 0 bridgehead atoms. The fraction of sp³-hybridized carbons (Fsp3) is 0.200. The molecule has 1 aromatic heterocycles. The zero-order chi connectivity index (χ0) is 13.8. The lowest BCUT2D eigenvalue weighted by Crippen LogP contribution is -2.08. The number of halogens is 1. The molecule has 0 aliphatic rings. The molecule has 0 unspecified atom stereocenters. The van der Waals surface area contributed by atoms with Gasteiger partial charge in [-0.3, -0.25) is 0 Å². The van der Waals surface area contributed by atoms with E-state index in [-0.39, 0.29) is 12.4 Å². The Labute approximate surface area is 124 Å². The van der Waals surface area contributed by atoms with E-state index < -0.39 is 5.97 Å². The number of carbonyl (C=O) groups is 1. The maximum absolute atomic E-state index is 11.7. The molecule has 0 atom stereocenters. The van der Waals surface area contributed by atoms with Crippen LogP contribution in [0.3, 0.4) is 0 Å². The summed E-state index contributed by atoms with van der Waals surface area (Å²) in [6, 6.07) is 11.0. The molecular formula is C15H17ClN2O2. The number of ether oxygens (including phenoxy) is 1. The number of esters is 1. The number of hydrogen-bond donors (Lipinski definition) is 1. The number of hydrogen-bond acceptors (Lipinski definition) is 4. The Balaban J connectivity index is 0.00000200. The lowest BCUT2D eigenvalue weighted by atomic mass is 10.1. The number of nitrogen functional groups attached to an aromatic ring is 1. The molecule has 4 nitrogen and oxygen atoms in total. The van der Waals surface area contributed by atoms with Crippen LogP contribution in [0, 0.1) is 6.92 Å². The number of anilines is 1. The van der Waals surface area contributed by atoms with Crippen LogP contribution >= 0.6 is 12.4 Å². The number of pyridine rings is 1. The Morgan fingerprint density at radius 2 is 1.90 bits per heavy atom. The molecule has 5 heteroatoms. The number of benzene rings is 1. The van der Waals surface area contributed by atoms with Gasteiger partial charge < -0.3 is 10.5 Å². The fourth-order valence-corrected chi connectivity index (χ4v) is 1.78. The minimum atomic E-state index is -0.400. The SMILES string of the molecule is CCOC(=O)c1cc(C)cc(-c2ccc(N)cc2)n1.Cl. The Hall–Kier alpha value is -2.07. The van der Waals surface area contributed by atoms with Gasteiger partial charge in [0, 0.05) is 11.3 Å². The van der Waals surface area contributed by atoms with E-state index in [0.29, 0.717) is 18.0 Å². The first-order valence-electron chi connectivity index (χ1n) is 6.12. The number of nitrogens with zero attached hydrogens (tertiary/aromatic N) is 1. The normalized spacial score (nSPS) is 9.70. The standard InChI is InChI=1S/C15H16N2O2.ClH/c1-3-19-15(18)14-9-10(2)8-13(17-14)11-4-6-12(16)7-5-11;/h4-9H,3,16H2,1-2H3;1H. The first kappa shape index (κ1) is 16.0. The lowest BCUT2D eigenvalue weighted by molar-refractivity contribution is 0.0519. The van der Waals surface area contributed by atoms with E-state index in [4.69, 9.17) is 10.5 Å². The summed E-state index contributed by atoms with van der Waals surface area (Å²) in [5, 5.41) is 0. The van der Waals surface area contributed by atoms with Crippen LogP contribution in [0.25, 0.3) is 11.3 Å². The van der Waals surface area contributed by atoms with Crippen LogP contribution in [0.1, 0.15) is 23.0 Å². The van der Waals surface area contributed by atoms with Crippen LogP contribution in [-0.4, -0.2) is 17.6 Å². The smallest absolute Gasteiger partial charge is 0.356 e. The average molecular weight is 293 g/mol. The van der Waals surface area contributed by atoms with Crippen molar-refractivity contribution in [1.82, 2.24) is 4.98 Å². The number of carbonyl (C=O) groups excluding carboxylic acids is 1. The minimum Gasteiger partial charge on any atom is -0.461 e. The summed E-state index contributed by atoms with van der Waals surface area (Å²) < 4.78 is 4.97. The van der Waals surface area contributed by atoms with Gasteiger partial charge in [-0.25, -0.2) is 9.78 Å². The highest BCUT2D eigenvalue weighted by molar-refractivity contribution is 5.88. The number of aryl methyl sites for hydroxylation is 1. The van der Waals surface area contributed by atoms with E-state index in [1.54, 1.807) is 13.0 Å². The van der Waals surface area contributed by atoms with Gasteiger partial charge in [0.05, 0.1) is 12.3 Å². The molecule has 1 aromatic carbocycles. The molecule has 1 heterocycles. The van der Waals surface area contributed by atoms with Gasteiger partial charge in [0.2, 0.25) is 0 Å². The Bertz CT molecular complexity index is 597. The molecule has 2 N–H and O–H groups in total. The van der Waals surface area contributed by atoms with E-state index in [2.05, 4.69) is 4.98 Å². The predicted octanol–water partition coefficient (Wildman–Crippen LogP) is 3.24. The van der Waals surface area contributed by atoms with Gasteiger partial charge in [-0.1, -0.05) is 12.1 Å². The van der Waals surface area contributed by atoms with Crippen molar-refractivity contribution < 1.29 is 9.53 Å². The van der Waals surface area contributed by atoms with Gasteiger partial charge in [-0.15, -0.1) is 12.4 Å². The molecule has 0 aliphatic carbocycles. The third-order valence-electron chi connectivity index (χ3n) is 2.66. The maximum Gasteiger partial charge on any atom is 0.356 e. The van der Waals surface area contributed by atoms with Gasteiger partial charge in [-0.2, -0.15) is 0 Å². The van der Waals surface area contributed by atoms with Crippen LogP contribution in [0.5, 0.6) is 0 Å². The maximum atomic E-state index is 11.7. The lowest BCUT2D eigenvalue weighted by Gasteiger charge is -2.07. The monoisotopic (exact) mass is 292 g/mol. The molecular weight excluding hydrogens is 276 g/mol. The van der Waals surface area contributed by atoms with Crippen molar-refractivity contribution in [2.45, 2.75) is 13.8 Å². The minimum absolute atomic E-state index is 0. The van der Waals surface area contributed by atoms with Gasteiger partial charge in [-0.05, 0) is 43.7 Å². The topological polar surface area (TPSA) is 65.2 Å². The molecule has 0 amide bonds. The van der Waals surface area contributed by atoms with Crippen molar-refractivity contribution in [2.24, 2.45) is 0 Å². The summed E-state index contributed by atoms with van der Waals surface area (Å²) in [5.41, 5.74) is 9.30. The van der Waals surface area contributed by atoms with Crippen molar-refractivity contribution in [3.8, 4) is 11.3 Å². The van der Waals surface area contributed by atoms with Crippen molar-refractivity contribution in [1.29, 1.82) is 0 Å². The van der Waals surface area contributed by atoms with E-state index in [1.165, 1.54) is 0 Å². The summed E-state index contributed by atoms with van der Waals surface area (Å²) in [7, 11) is 0. The molecule has 20 heavy (non-hydrogen) atoms. The van der Waals surface area contributed by atoms with E-state index >= 15 is 0 Å². The zero-order valence-corrected chi connectivity index (χ0v) is 12.2. The van der Waals surface area contributed by atoms with Crippen LogP contribution in [0.2, 0.25) is 0 Å². The van der Waals surface area contributed by atoms with Crippen LogP contribution in [-0.2, 0) is 4.74 Å². The van der Waals surface area contributed by atoms with Crippen molar-refractivity contribution in [3.63, 3.8) is 0 Å². The van der Waals surface area contributed by atoms with Crippen molar-refractivity contribution in [3.05, 3.63) is 47.7 Å². The fourth-order valence-electron chi connectivity index (χ4n) is 1.78. The molecule has 0 radical (unpaired) electrons. The summed E-state index contributed by atoms with van der Waals surface area (Å²) in [4.78, 5) is 16.1. The van der Waals surface area contributed by atoms with Crippen molar-refractivity contribution in [2.75, 3.05) is 12.3 Å². The third kappa shape index (κ3) is 3.71. The van der Waals surface area contributed by atoms with Crippen LogP contribution in [0.4, 0.5) is 5.69 Å². The molecule has 2 aromatic rings. The second kappa shape index (κ2) is 6.91. The Morgan fingerprint density at radius 1 is 1.25 bits per heavy atom.